The molecule has 1 unspecified atom stereocenters. The second-order valence-corrected chi connectivity index (χ2v) is 5.80. The Morgan fingerprint density at radius 1 is 1.00 bits per heavy atom. The lowest BCUT2D eigenvalue weighted by molar-refractivity contribution is 0.0941. The molecule has 0 radical (unpaired) electrons. The van der Waals surface area contributed by atoms with Crippen LogP contribution in [0.25, 0.3) is 0 Å². The summed E-state index contributed by atoms with van der Waals surface area (Å²) in [5.41, 5.74) is 1.47. The second kappa shape index (κ2) is 7.74. The van der Waals surface area contributed by atoms with Crippen LogP contribution in [-0.4, -0.2) is 29.7 Å². The van der Waals surface area contributed by atoms with E-state index in [-0.39, 0.29) is 11.9 Å². The summed E-state index contributed by atoms with van der Waals surface area (Å²) in [7, 11) is 5.12. The molecule has 0 aliphatic heterocycles. The number of ether oxygens (including phenoxy) is 2. The van der Waals surface area contributed by atoms with E-state index in [1.54, 1.807) is 44.7 Å². The zero-order valence-electron chi connectivity index (χ0n) is 15.0. The zero-order valence-corrected chi connectivity index (χ0v) is 15.0. The predicted octanol–water partition coefficient (Wildman–Crippen LogP) is 2.96. The van der Waals surface area contributed by atoms with Crippen LogP contribution in [-0.2, 0) is 7.05 Å². The van der Waals surface area contributed by atoms with Crippen molar-refractivity contribution >= 4 is 5.91 Å². The van der Waals surface area contributed by atoms with Crippen LogP contribution < -0.4 is 14.8 Å². The van der Waals surface area contributed by atoms with Gasteiger partial charge in [0.1, 0.15) is 23.4 Å². The van der Waals surface area contributed by atoms with Crippen LogP contribution in [0.4, 0.5) is 0 Å². The number of benzene rings is 2. The van der Waals surface area contributed by atoms with Crippen LogP contribution in [0.2, 0.25) is 0 Å². The number of carbonyl (C=O) groups excluding carboxylic acids is 1. The molecule has 2 aromatic carbocycles. The topological polar surface area (TPSA) is 65.4 Å². The number of rotatable bonds is 6. The van der Waals surface area contributed by atoms with Gasteiger partial charge in [0.05, 0.1) is 14.2 Å². The molecule has 0 aliphatic carbocycles. The molecule has 1 aromatic heterocycles. The third kappa shape index (κ3) is 3.69. The molecular weight excluding hydrogens is 330 g/mol. The van der Waals surface area contributed by atoms with Crippen molar-refractivity contribution in [3.05, 3.63) is 77.9 Å². The number of nitrogens with zero attached hydrogens (tertiary/aromatic N) is 2. The van der Waals surface area contributed by atoms with Gasteiger partial charge in [-0.25, -0.2) is 4.98 Å². The first-order valence-electron chi connectivity index (χ1n) is 8.18. The molecule has 0 saturated heterocycles. The fourth-order valence-electron chi connectivity index (χ4n) is 2.71. The van der Waals surface area contributed by atoms with Crippen molar-refractivity contribution in [2.75, 3.05) is 14.2 Å². The SMILES string of the molecule is COc1ccc(C(=O)NC(c2ccc(OC)cc2)c2nccn2C)cc1. The fraction of sp³-hybridized carbons (Fsp3) is 0.200. The van der Waals surface area contributed by atoms with Gasteiger partial charge in [0, 0.05) is 25.0 Å². The lowest BCUT2D eigenvalue weighted by Crippen LogP contribution is -2.31. The van der Waals surface area contributed by atoms with Crippen molar-refractivity contribution in [1.29, 1.82) is 0 Å². The number of aromatic nitrogens is 2. The van der Waals surface area contributed by atoms with Crippen LogP contribution in [0.3, 0.4) is 0 Å². The molecule has 6 nitrogen and oxygen atoms in total. The highest BCUT2D eigenvalue weighted by Gasteiger charge is 2.21. The minimum absolute atomic E-state index is 0.184. The Morgan fingerprint density at radius 2 is 1.58 bits per heavy atom. The number of amides is 1. The normalized spacial score (nSPS) is 11.7. The van der Waals surface area contributed by atoms with E-state index >= 15 is 0 Å². The summed E-state index contributed by atoms with van der Waals surface area (Å²) >= 11 is 0. The molecule has 0 bridgehead atoms. The summed E-state index contributed by atoms with van der Waals surface area (Å²) in [6.45, 7) is 0. The molecule has 1 atom stereocenters. The Bertz CT molecular complexity index is 870. The smallest absolute Gasteiger partial charge is 0.252 e. The fourth-order valence-corrected chi connectivity index (χ4v) is 2.71. The maximum absolute atomic E-state index is 12.7. The number of hydrogen-bond donors (Lipinski definition) is 1. The highest BCUT2D eigenvalue weighted by molar-refractivity contribution is 5.94. The Morgan fingerprint density at radius 3 is 2.08 bits per heavy atom. The van der Waals surface area contributed by atoms with Crippen LogP contribution >= 0.6 is 0 Å². The van der Waals surface area contributed by atoms with Crippen molar-refractivity contribution in [1.82, 2.24) is 14.9 Å². The number of aryl methyl sites for hydroxylation is 1. The predicted molar refractivity (Wildman–Crippen MR) is 98.5 cm³/mol. The Hall–Kier alpha value is -3.28. The van der Waals surface area contributed by atoms with E-state index in [2.05, 4.69) is 10.3 Å². The number of methoxy groups -OCH3 is 2. The molecule has 0 spiro atoms. The quantitative estimate of drug-likeness (QED) is 0.741. The Labute approximate surface area is 152 Å². The molecule has 0 saturated carbocycles. The molecule has 6 heteroatoms. The van der Waals surface area contributed by atoms with Gasteiger partial charge in [0.25, 0.3) is 5.91 Å². The average molecular weight is 351 g/mol. The van der Waals surface area contributed by atoms with Gasteiger partial charge in [-0.05, 0) is 42.0 Å². The van der Waals surface area contributed by atoms with Crippen LogP contribution in [0, 0.1) is 0 Å². The van der Waals surface area contributed by atoms with Crippen molar-refractivity contribution < 1.29 is 14.3 Å². The van der Waals surface area contributed by atoms with Crippen LogP contribution in [0.5, 0.6) is 11.5 Å². The molecule has 3 rings (SSSR count). The largest absolute Gasteiger partial charge is 0.497 e. The Balaban J connectivity index is 1.90. The van der Waals surface area contributed by atoms with Gasteiger partial charge in [-0.2, -0.15) is 0 Å². The minimum Gasteiger partial charge on any atom is -0.497 e. The molecule has 0 fully saturated rings. The summed E-state index contributed by atoms with van der Waals surface area (Å²) in [6.07, 6.45) is 3.57. The van der Waals surface area contributed by atoms with Crippen molar-refractivity contribution in [3.8, 4) is 11.5 Å². The first-order chi connectivity index (χ1) is 12.6. The van der Waals surface area contributed by atoms with Crippen molar-refractivity contribution in [2.45, 2.75) is 6.04 Å². The van der Waals surface area contributed by atoms with Crippen LogP contribution in [0.1, 0.15) is 27.8 Å². The molecule has 1 heterocycles. The Kier molecular flexibility index (Phi) is 5.22. The van der Waals surface area contributed by atoms with Gasteiger partial charge in [-0.15, -0.1) is 0 Å². The van der Waals surface area contributed by atoms with Gasteiger partial charge < -0.3 is 19.4 Å². The highest BCUT2D eigenvalue weighted by Crippen LogP contribution is 2.23. The van der Waals surface area contributed by atoms with E-state index in [1.807, 2.05) is 42.1 Å². The van der Waals surface area contributed by atoms with E-state index < -0.39 is 0 Å². The lowest BCUT2D eigenvalue weighted by Gasteiger charge is -2.19. The average Bonchev–Trinajstić information content (AvgIpc) is 3.11. The molecule has 0 aliphatic rings. The molecule has 1 N–H and O–H groups in total. The third-order valence-electron chi connectivity index (χ3n) is 4.19. The molecular formula is C20H21N3O3. The van der Waals surface area contributed by atoms with E-state index in [9.17, 15) is 4.79 Å². The van der Waals surface area contributed by atoms with Crippen molar-refractivity contribution in [3.63, 3.8) is 0 Å². The van der Waals surface area contributed by atoms with E-state index in [4.69, 9.17) is 9.47 Å². The first-order valence-corrected chi connectivity index (χ1v) is 8.18. The zero-order chi connectivity index (χ0) is 18.5. The van der Waals surface area contributed by atoms with E-state index in [0.29, 0.717) is 11.3 Å². The summed E-state index contributed by atoms with van der Waals surface area (Å²) < 4.78 is 12.2. The molecule has 1 amide bonds. The lowest BCUT2D eigenvalue weighted by atomic mass is 10.0. The number of nitrogens with one attached hydrogen (secondary N) is 1. The van der Waals surface area contributed by atoms with Gasteiger partial charge in [0.15, 0.2) is 0 Å². The van der Waals surface area contributed by atoms with E-state index in [0.717, 1.165) is 17.1 Å². The van der Waals surface area contributed by atoms with E-state index in [1.165, 1.54) is 0 Å². The summed E-state index contributed by atoms with van der Waals surface area (Å²) in [4.78, 5) is 17.2. The van der Waals surface area contributed by atoms with Crippen molar-refractivity contribution in [2.24, 2.45) is 7.05 Å². The maximum atomic E-state index is 12.7. The summed E-state index contributed by atoms with van der Waals surface area (Å²) in [6, 6.07) is 14.2. The third-order valence-corrected chi connectivity index (χ3v) is 4.19. The highest BCUT2D eigenvalue weighted by atomic mass is 16.5. The second-order valence-electron chi connectivity index (χ2n) is 5.80. The molecule has 26 heavy (non-hydrogen) atoms. The molecule has 134 valence electrons. The number of carbonyl (C=O) groups is 1. The summed E-state index contributed by atoms with van der Waals surface area (Å²) in [5.74, 6) is 2.03. The number of imidazole rings is 1. The van der Waals surface area contributed by atoms with Gasteiger partial charge >= 0.3 is 0 Å². The van der Waals surface area contributed by atoms with Gasteiger partial charge in [-0.1, -0.05) is 12.1 Å². The van der Waals surface area contributed by atoms with Crippen LogP contribution in [0.15, 0.2) is 60.9 Å². The minimum atomic E-state index is -0.379. The summed E-state index contributed by atoms with van der Waals surface area (Å²) in [5, 5.41) is 3.06. The standard InChI is InChI=1S/C20H21N3O3/c1-23-13-12-21-19(23)18(14-4-8-16(25-2)9-5-14)22-20(24)15-6-10-17(26-3)11-7-15/h4-13,18H,1-3H3,(H,22,24). The first kappa shape index (κ1) is 17.5. The molecule has 3 aromatic rings. The van der Waals surface area contributed by atoms with Gasteiger partial charge in [0.2, 0.25) is 0 Å². The monoisotopic (exact) mass is 351 g/mol. The maximum Gasteiger partial charge on any atom is 0.252 e. The van der Waals surface area contributed by atoms with Gasteiger partial charge in [-0.3, -0.25) is 4.79 Å². The number of hydrogen-bond acceptors (Lipinski definition) is 4.